The SMILES string of the molecule is ClCCSCCC1CC1. The molecule has 1 saturated carbocycles. The predicted molar refractivity (Wildman–Crippen MR) is 45.4 cm³/mol. The Kier molecular flexibility index (Phi) is 3.83. The van der Waals surface area contributed by atoms with Gasteiger partial charge in [0.1, 0.15) is 0 Å². The molecule has 1 aliphatic carbocycles. The molecule has 9 heavy (non-hydrogen) atoms. The average molecular weight is 165 g/mol. The third kappa shape index (κ3) is 4.10. The first-order valence-corrected chi connectivity index (χ1v) is 5.26. The molecule has 0 bridgehead atoms. The van der Waals surface area contributed by atoms with Crippen molar-refractivity contribution in [1.82, 2.24) is 0 Å². The van der Waals surface area contributed by atoms with E-state index in [1.165, 1.54) is 25.0 Å². The van der Waals surface area contributed by atoms with Crippen LogP contribution in [0.1, 0.15) is 19.3 Å². The maximum absolute atomic E-state index is 5.51. The lowest BCUT2D eigenvalue weighted by Crippen LogP contribution is -1.85. The predicted octanol–water partition coefficient (Wildman–Crippen LogP) is 2.76. The van der Waals surface area contributed by atoms with Crippen LogP contribution in [0.15, 0.2) is 0 Å². The van der Waals surface area contributed by atoms with Crippen LogP contribution in [0.3, 0.4) is 0 Å². The lowest BCUT2D eigenvalue weighted by atomic mass is 10.3. The van der Waals surface area contributed by atoms with E-state index in [1.807, 2.05) is 11.8 Å². The van der Waals surface area contributed by atoms with Crippen molar-refractivity contribution in [3.63, 3.8) is 0 Å². The number of rotatable bonds is 5. The van der Waals surface area contributed by atoms with Gasteiger partial charge in [-0.15, -0.1) is 11.6 Å². The fourth-order valence-corrected chi connectivity index (χ4v) is 1.95. The van der Waals surface area contributed by atoms with Crippen molar-refractivity contribution in [3.8, 4) is 0 Å². The number of halogens is 1. The molecule has 0 aromatic carbocycles. The summed E-state index contributed by atoms with van der Waals surface area (Å²) in [6, 6.07) is 0. The minimum absolute atomic E-state index is 0.815. The minimum Gasteiger partial charge on any atom is -0.161 e. The summed E-state index contributed by atoms with van der Waals surface area (Å²) in [6.45, 7) is 0. The van der Waals surface area contributed by atoms with Gasteiger partial charge in [-0.2, -0.15) is 11.8 Å². The molecule has 0 unspecified atom stereocenters. The van der Waals surface area contributed by atoms with E-state index in [4.69, 9.17) is 11.6 Å². The largest absolute Gasteiger partial charge is 0.161 e. The average Bonchev–Trinajstić information content (AvgIpc) is 2.63. The molecule has 0 N–H and O–H groups in total. The van der Waals surface area contributed by atoms with E-state index in [0.717, 1.165) is 17.6 Å². The highest BCUT2D eigenvalue weighted by Gasteiger charge is 2.19. The van der Waals surface area contributed by atoms with E-state index in [-0.39, 0.29) is 0 Å². The zero-order valence-electron chi connectivity index (χ0n) is 5.61. The third-order valence-corrected chi connectivity index (χ3v) is 3.02. The molecule has 0 amide bonds. The summed E-state index contributed by atoms with van der Waals surface area (Å²) in [6.07, 6.45) is 4.41. The quantitative estimate of drug-likeness (QED) is 0.445. The number of hydrogen-bond donors (Lipinski definition) is 0. The molecule has 1 fully saturated rings. The topological polar surface area (TPSA) is 0 Å². The molecular weight excluding hydrogens is 152 g/mol. The van der Waals surface area contributed by atoms with Gasteiger partial charge in [0, 0.05) is 11.6 Å². The highest BCUT2D eigenvalue weighted by molar-refractivity contribution is 7.99. The first-order chi connectivity index (χ1) is 4.43. The van der Waals surface area contributed by atoms with Crippen molar-refractivity contribution in [2.24, 2.45) is 5.92 Å². The van der Waals surface area contributed by atoms with Crippen LogP contribution >= 0.6 is 23.4 Å². The normalized spacial score (nSPS) is 18.3. The van der Waals surface area contributed by atoms with Crippen molar-refractivity contribution < 1.29 is 0 Å². The summed E-state index contributed by atoms with van der Waals surface area (Å²) in [4.78, 5) is 0. The van der Waals surface area contributed by atoms with E-state index in [9.17, 15) is 0 Å². The maximum Gasteiger partial charge on any atom is 0.0314 e. The van der Waals surface area contributed by atoms with Gasteiger partial charge in [-0.25, -0.2) is 0 Å². The van der Waals surface area contributed by atoms with Gasteiger partial charge in [0.2, 0.25) is 0 Å². The van der Waals surface area contributed by atoms with Gasteiger partial charge < -0.3 is 0 Å². The monoisotopic (exact) mass is 164 g/mol. The van der Waals surface area contributed by atoms with Crippen LogP contribution in [0.5, 0.6) is 0 Å². The van der Waals surface area contributed by atoms with Crippen molar-refractivity contribution in [2.75, 3.05) is 17.4 Å². The van der Waals surface area contributed by atoms with Crippen LogP contribution in [0.2, 0.25) is 0 Å². The van der Waals surface area contributed by atoms with E-state index in [1.54, 1.807) is 0 Å². The van der Waals surface area contributed by atoms with E-state index < -0.39 is 0 Å². The fraction of sp³-hybridized carbons (Fsp3) is 1.00. The molecule has 0 nitrogen and oxygen atoms in total. The van der Waals surface area contributed by atoms with Crippen molar-refractivity contribution in [1.29, 1.82) is 0 Å². The minimum atomic E-state index is 0.815. The molecule has 0 radical (unpaired) electrons. The van der Waals surface area contributed by atoms with Gasteiger partial charge in [0.25, 0.3) is 0 Å². The van der Waals surface area contributed by atoms with Crippen LogP contribution in [0, 0.1) is 5.92 Å². The Morgan fingerprint density at radius 3 is 2.67 bits per heavy atom. The maximum atomic E-state index is 5.51. The number of hydrogen-bond acceptors (Lipinski definition) is 1. The molecule has 1 aliphatic rings. The molecule has 0 saturated heterocycles. The molecule has 0 heterocycles. The van der Waals surface area contributed by atoms with Gasteiger partial charge in [-0.1, -0.05) is 12.8 Å². The van der Waals surface area contributed by atoms with Crippen LogP contribution in [0.4, 0.5) is 0 Å². The van der Waals surface area contributed by atoms with Crippen molar-refractivity contribution in [2.45, 2.75) is 19.3 Å². The molecule has 54 valence electrons. The summed E-state index contributed by atoms with van der Waals surface area (Å²) in [7, 11) is 0. The molecule has 0 aliphatic heterocycles. The molecule has 0 aromatic heterocycles. The third-order valence-electron chi connectivity index (χ3n) is 1.59. The van der Waals surface area contributed by atoms with Gasteiger partial charge in [-0.05, 0) is 18.1 Å². The second kappa shape index (κ2) is 4.45. The zero-order chi connectivity index (χ0) is 6.53. The molecule has 0 atom stereocenters. The van der Waals surface area contributed by atoms with E-state index in [0.29, 0.717) is 0 Å². The number of thioether (sulfide) groups is 1. The second-order valence-corrected chi connectivity index (χ2v) is 4.14. The van der Waals surface area contributed by atoms with Crippen LogP contribution in [-0.4, -0.2) is 17.4 Å². The van der Waals surface area contributed by atoms with Crippen LogP contribution in [-0.2, 0) is 0 Å². The van der Waals surface area contributed by atoms with Gasteiger partial charge in [0.15, 0.2) is 0 Å². The fourth-order valence-electron chi connectivity index (χ4n) is 0.813. The summed E-state index contributed by atoms with van der Waals surface area (Å²) < 4.78 is 0. The van der Waals surface area contributed by atoms with Crippen LogP contribution < -0.4 is 0 Å². The standard InChI is InChI=1S/C7H13ClS/c8-4-6-9-5-3-7-1-2-7/h7H,1-6H2. The van der Waals surface area contributed by atoms with E-state index in [2.05, 4.69) is 0 Å². The first-order valence-electron chi connectivity index (χ1n) is 3.57. The molecule has 2 heteroatoms. The Balaban J connectivity index is 1.71. The smallest absolute Gasteiger partial charge is 0.0314 e. The lowest BCUT2D eigenvalue weighted by Gasteiger charge is -1.94. The molecule has 0 aromatic rings. The van der Waals surface area contributed by atoms with Crippen molar-refractivity contribution >= 4 is 23.4 Å². The highest BCUT2D eigenvalue weighted by atomic mass is 35.5. The van der Waals surface area contributed by atoms with Gasteiger partial charge >= 0.3 is 0 Å². The van der Waals surface area contributed by atoms with Crippen LogP contribution in [0.25, 0.3) is 0 Å². The Bertz CT molecular complexity index is 71.3. The second-order valence-electron chi connectivity index (χ2n) is 2.53. The molecule has 0 spiro atoms. The molecular formula is C7H13ClS. The van der Waals surface area contributed by atoms with E-state index >= 15 is 0 Å². The first kappa shape index (κ1) is 7.74. The summed E-state index contributed by atoms with van der Waals surface area (Å²) in [5.74, 6) is 4.37. The number of alkyl halides is 1. The summed E-state index contributed by atoms with van der Waals surface area (Å²) in [5, 5.41) is 0. The Labute approximate surface area is 66.3 Å². The lowest BCUT2D eigenvalue weighted by molar-refractivity contribution is 0.809. The molecule has 1 rings (SSSR count). The van der Waals surface area contributed by atoms with Gasteiger partial charge in [0.05, 0.1) is 0 Å². The summed E-state index contributed by atoms with van der Waals surface area (Å²) >= 11 is 7.50. The summed E-state index contributed by atoms with van der Waals surface area (Å²) in [5.41, 5.74) is 0. The Hall–Kier alpha value is 0.640. The zero-order valence-corrected chi connectivity index (χ0v) is 7.18. The Morgan fingerprint density at radius 2 is 2.11 bits per heavy atom. The van der Waals surface area contributed by atoms with Crippen molar-refractivity contribution in [3.05, 3.63) is 0 Å². The highest BCUT2D eigenvalue weighted by Crippen LogP contribution is 2.33. The van der Waals surface area contributed by atoms with Gasteiger partial charge in [-0.3, -0.25) is 0 Å². The Morgan fingerprint density at radius 1 is 1.33 bits per heavy atom.